The molecule has 0 unspecified atom stereocenters. The minimum absolute atomic E-state index is 0.197. The molecule has 2 fully saturated rings. The van der Waals surface area contributed by atoms with Crippen LogP contribution in [0.25, 0.3) is 0 Å². The van der Waals surface area contributed by atoms with E-state index in [1.54, 1.807) is 12.1 Å². The molecular formula is C16H23N3O2. The molecule has 1 aromatic carbocycles. The Kier molecular flexibility index (Phi) is 4.10. The molecule has 1 heterocycles. The molecule has 0 aromatic heterocycles. The normalized spacial score (nSPS) is 19.8. The fourth-order valence-corrected chi connectivity index (χ4v) is 3.11. The number of nitrogens with zero attached hydrogens (tertiary/aromatic N) is 3. The highest BCUT2D eigenvalue weighted by atomic mass is 16.6. The third-order valence-electron chi connectivity index (χ3n) is 4.58. The van der Waals surface area contributed by atoms with Gasteiger partial charge in [0.25, 0.3) is 5.69 Å². The van der Waals surface area contributed by atoms with Crippen molar-refractivity contribution < 1.29 is 4.92 Å². The molecule has 3 rings (SSSR count). The lowest BCUT2D eigenvalue weighted by Crippen LogP contribution is -2.47. The van der Waals surface area contributed by atoms with Crippen molar-refractivity contribution in [1.82, 2.24) is 4.90 Å². The summed E-state index contributed by atoms with van der Waals surface area (Å²) in [7, 11) is 0. The van der Waals surface area contributed by atoms with Gasteiger partial charge < -0.3 is 4.90 Å². The largest absolute Gasteiger partial charge is 0.369 e. The Morgan fingerprint density at radius 1 is 1.24 bits per heavy atom. The van der Waals surface area contributed by atoms with E-state index in [1.807, 2.05) is 6.07 Å². The van der Waals surface area contributed by atoms with E-state index in [4.69, 9.17) is 0 Å². The zero-order chi connectivity index (χ0) is 14.8. The van der Waals surface area contributed by atoms with Gasteiger partial charge >= 0.3 is 0 Å². The summed E-state index contributed by atoms with van der Waals surface area (Å²) in [5.74, 6) is 0.946. The molecule has 1 aliphatic carbocycles. The summed E-state index contributed by atoms with van der Waals surface area (Å²) in [6.07, 6.45) is 3.64. The van der Waals surface area contributed by atoms with Crippen molar-refractivity contribution in [1.29, 1.82) is 0 Å². The van der Waals surface area contributed by atoms with Crippen LogP contribution in [0, 0.1) is 16.0 Å². The maximum absolute atomic E-state index is 10.9. The maximum atomic E-state index is 10.9. The van der Waals surface area contributed by atoms with Gasteiger partial charge in [0.15, 0.2) is 0 Å². The monoisotopic (exact) mass is 289 g/mol. The second kappa shape index (κ2) is 6.02. The molecule has 1 aliphatic heterocycles. The van der Waals surface area contributed by atoms with Crippen LogP contribution >= 0.6 is 0 Å². The second-order valence-corrected chi connectivity index (χ2v) is 6.15. The number of nitro groups is 1. The van der Waals surface area contributed by atoms with Gasteiger partial charge in [0.05, 0.1) is 4.92 Å². The van der Waals surface area contributed by atoms with Crippen LogP contribution in [-0.4, -0.2) is 42.5 Å². The average molecular weight is 289 g/mol. The van der Waals surface area contributed by atoms with Gasteiger partial charge in [-0.25, -0.2) is 0 Å². The highest BCUT2D eigenvalue weighted by Gasteiger charge is 2.27. The molecular weight excluding hydrogens is 266 g/mol. The molecule has 0 atom stereocenters. The van der Waals surface area contributed by atoms with Crippen LogP contribution in [0.2, 0.25) is 0 Å². The van der Waals surface area contributed by atoms with Crippen molar-refractivity contribution in [3.05, 3.63) is 33.9 Å². The summed E-state index contributed by atoms with van der Waals surface area (Å²) in [6.45, 7) is 7.59. The Hall–Kier alpha value is -1.62. The van der Waals surface area contributed by atoms with Gasteiger partial charge in [0.2, 0.25) is 0 Å². The van der Waals surface area contributed by atoms with Crippen LogP contribution in [0.4, 0.5) is 11.4 Å². The van der Waals surface area contributed by atoms with Crippen LogP contribution in [0.1, 0.15) is 25.3 Å². The predicted octanol–water partition coefficient (Wildman–Crippen LogP) is 2.69. The number of nitro benzene ring substituents is 1. The average Bonchev–Trinajstić information content (AvgIpc) is 3.31. The molecule has 0 radical (unpaired) electrons. The predicted molar refractivity (Wildman–Crippen MR) is 83.9 cm³/mol. The van der Waals surface area contributed by atoms with Gasteiger partial charge in [0, 0.05) is 50.5 Å². The number of rotatable bonds is 5. The highest BCUT2D eigenvalue weighted by Crippen LogP contribution is 2.31. The van der Waals surface area contributed by atoms with Crippen molar-refractivity contribution >= 4 is 11.4 Å². The third kappa shape index (κ3) is 3.35. The number of piperazine rings is 1. The molecule has 5 heteroatoms. The summed E-state index contributed by atoms with van der Waals surface area (Å²) in [4.78, 5) is 15.5. The van der Waals surface area contributed by atoms with E-state index in [9.17, 15) is 10.1 Å². The van der Waals surface area contributed by atoms with E-state index in [-0.39, 0.29) is 10.6 Å². The van der Waals surface area contributed by atoms with Crippen molar-refractivity contribution in [2.24, 2.45) is 5.92 Å². The van der Waals surface area contributed by atoms with Crippen molar-refractivity contribution in [3.63, 3.8) is 0 Å². The van der Waals surface area contributed by atoms with Gasteiger partial charge in [-0.05, 0) is 36.8 Å². The Morgan fingerprint density at radius 2 is 1.95 bits per heavy atom. The van der Waals surface area contributed by atoms with Crippen molar-refractivity contribution in [2.45, 2.75) is 26.2 Å². The fraction of sp³-hybridized carbons (Fsp3) is 0.625. The Balaban J connectivity index is 1.67. The van der Waals surface area contributed by atoms with Gasteiger partial charge in [-0.15, -0.1) is 0 Å². The van der Waals surface area contributed by atoms with Crippen molar-refractivity contribution in [2.75, 3.05) is 37.6 Å². The smallest absolute Gasteiger partial charge is 0.269 e. The summed E-state index contributed by atoms with van der Waals surface area (Å²) in [5.41, 5.74) is 2.46. The van der Waals surface area contributed by atoms with E-state index >= 15 is 0 Å². The number of hydrogen-bond acceptors (Lipinski definition) is 4. The van der Waals surface area contributed by atoms with Crippen molar-refractivity contribution in [3.8, 4) is 0 Å². The molecule has 0 spiro atoms. The van der Waals surface area contributed by atoms with E-state index in [1.165, 1.54) is 25.1 Å². The first kappa shape index (κ1) is 14.3. The molecule has 0 N–H and O–H groups in total. The molecule has 1 aromatic rings. The van der Waals surface area contributed by atoms with Crippen LogP contribution in [-0.2, 0) is 6.42 Å². The Morgan fingerprint density at radius 3 is 2.52 bits per heavy atom. The number of hydrogen-bond donors (Lipinski definition) is 0. The van der Waals surface area contributed by atoms with Crippen LogP contribution in [0.3, 0.4) is 0 Å². The molecule has 21 heavy (non-hydrogen) atoms. The second-order valence-electron chi connectivity index (χ2n) is 6.15. The van der Waals surface area contributed by atoms with E-state index in [2.05, 4.69) is 16.7 Å². The van der Waals surface area contributed by atoms with E-state index < -0.39 is 0 Å². The lowest BCUT2D eigenvalue weighted by Gasteiger charge is -2.37. The van der Waals surface area contributed by atoms with Crippen LogP contribution < -0.4 is 4.90 Å². The lowest BCUT2D eigenvalue weighted by atomic mass is 10.1. The molecule has 2 aliphatic rings. The highest BCUT2D eigenvalue weighted by molar-refractivity contribution is 5.58. The first-order valence-corrected chi connectivity index (χ1v) is 7.92. The number of non-ortho nitro benzene ring substituents is 1. The van der Waals surface area contributed by atoms with Gasteiger partial charge in [-0.1, -0.05) is 6.92 Å². The molecule has 1 saturated carbocycles. The van der Waals surface area contributed by atoms with E-state index in [0.717, 1.165) is 44.1 Å². The minimum atomic E-state index is -0.309. The molecule has 5 nitrogen and oxygen atoms in total. The standard InChI is InChI=1S/C16H23N3O2/c1-2-14-11-15(19(20)21)5-6-16(14)18-9-7-17(8-10-18)12-13-3-4-13/h5-6,11,13H,2-4,7-10,12H2,1H3. The maximum Gasteiger partial charge on any atom is 0.269 e. The first-order chi connectivity index (χ1) is 10.2. The van der Waals surface area contributed by atoms with E-state index in [0.29, 0.717) is 0 Å². The molecule has 0 bridgehead atoms. The zero-order valence-corrected chi connectivity index (χ0v) is 12.6. The van der Waals surface area contributed by atoms with Crippen LogP contribution in [0.5, 0.6) is 0 Å². The number of anilines is 1. The SMILES string of the molecule is CCc1cc([N+](=O)[O-])ccc1N1CCN(CC2CC2)CC1. The fourth-order valence-electron chi connectivity index (χ4n) is 3.11. The third-order valence-corrected chi connectivity index (χ3v) is 4.58. The van der Waals surface area contributed by atoms with Gasteiger partial charge in [-0.2, -0.15) is 0 Å². The lowest BCUT2D eigenvalue weighted by molar-refractivity contribution is -0.384. The van der Waals surface area contributed by atoms with Gasteiger partial charge in [-0.3, -0.25) is 15.0 Å². The summed E-state index contributed by atoms with van der Waals surface area (Å²) < 4.78 is 0. The van der Waals surface area contributed by atoms with Gasteiger partial charge in [0.1, 0.15) is 0 Å². The summed E-state index contributed by atoms with van der Waals surface area (Å²) >= 11 is 0. The molecule has 0 amide bonds. The molecule has 1 saturated heterocycles. The first-order valence-electron chi connectivity index (χ1n) is 7.92. The quantitative estimate of drug-likeness (QED) is 0.618. The van der Waals surface area contributed by atoms with Crippen LogP contribution in [0.15, 0.2) is 18.2 Å². The Bertz CT molecular complexity index is 520. The summed E-state index contributed by atoms with van der Waals surface area (Å²) in [5, 5.41) is 10.9. The number of aryl methyl sites for hydroxylation is 1. The summed E-state index contributed by atoms with van der Waals surface area (Å²) in [6, 6.07) is 5.28. The molecule has 114 valence electrons. The Labute approximate surface area is 125 Å². The minimum Gasteiger partial charge on any atom is -0.369 e. The topological polar surface area (TPSA) is 49.6 Å². The zero-order valence-electron chi connectivity index (χ0n) is 12.6. The number of benzene rings is 1.